The molecule has 0 bridgehead atoms. The van der Waals surface area contributed by atoms with E-state index in [0.717, 1.165) is 0 Å². The monoisotopic (exact) mass is 408 g/mol. The van der Waals surface area contributed by atoms with Gasteiger partial charge in [0.25, 0.3) is 0 Å². The van der Waals surface area contributed by atoms with Crippen molar-refractivity contribution < 1.29 is 29.2 Å². The van der Waals surface area contributed by atoms with Crippen LogP contribution in [0.1, 0.15) is 22.3 Å². The second kappa shape index (κ2) is 5.91. The molecule has 3 fully saturated rings. The Balaban J connectivity index is 1.16. The van der Waals surface area contributed by atoms with Crippen molar-refractivity contribution in [3.8, 4) is 0 Å². The standard InChI is InChI=1S/C24H24O6/c25-17-19-20(28-23(27-19)9-13-5-1-2-6-14(13)10-23)18(26)22-21(17)29-24(30-22)11-15-7-3-4-8-16(15)12-24/h1-8,17-22,25-26H,9-12H2/t17?,18?,19-,20-,21-,22?/m0/s1. The van der Waals surface area contributed by atoms with Gasteiger partial charge in [0.1, 0.15) is 36.6 Å². The van der Waals surface area contributed by atoms with E-state index in [2.05, 4.69) is 24.3 Å². The minimum absolute atomic E-state index is 0.617. The first-order valence-electron chi connectivity index (χ1n) is 10.8. The number of fused-ring (bicyclic) bond motifs is 4. The molecule has 2 aromatic carbocycles. The van der Waals surface area contributed by atoms with Gasteiger partial charge in [-0.05, 0) is 22.3 Å². The lowest BCUT2D eigenvalue weighted by Gasteiger charge is -2.38. The first-order chi connectivity index (χ1) is 14.5. The van der Waals surface area contributed by atoms with Gasteiger partial charge in [-0.1, -0.05) is 48.5 Å². The number of aliphatic hydroxyl groups excluding tert-OH is 2. The number of ether oxygens (including phenoxy) is 4. The van der Waals surface area contributed by atoms with E-state index < -0.39 is 48.2 Å². The molecule has 2 spiro atoms. The molecule has 2 aliphatic heterocycles. The Kier molecular flexibility index (Phi) is 3.51. The zero-order valence-corrected chi connectivity index (χ0v) is 16.4. The SMILES string of the molecule is OC1C2OC3(Cc4ccccc4C3)O[C@H]2C(O)[C@@H]2OC3(Cc4ccccc4C3)O[C@@H]12. The van der Waals surface area contributed by atoms with Gasteiger partial charge in [0.05, 0.1) is 0 Å². The van der Waals surface area contributed by atoms with Crippen LogP contribution < -0.4 is 0 Å². The van der Waals surface area contributed by atoms with Crippen LogP contribution in [0, 0.1) is 0 Å². The van der Waals surface area contributed by atoms with E-state index >= 15 is 0 Å². The molecule has 6 atom stereocenters. The van der Waals surface area contributed by atoms with Gasteiger partial charge >= 0.3 is 0 Å². The second-order valence-corrected chi connectivity index (χ2v) is 9.38. The average Bonchev–Trinajstić information content (AvgIpc) is 3.48. The summed E-state index contributed by atoms with van der Waals surface area (Å²) < 4.78 is 25.3. The average molecular weight is 408 g/mol. The molecule has 2 N–H and O–H groups in total. The molecule has 30 heavy (non-hydrogen) atoms. The summed E-state index contributed by atoms with van der Waals surface area (Å²) in [5.74, 6) is -1.66. The van der Waals surface area contributed by atoms with E-state index in [1.165, 1.54) is 22.3 Å². The molecule has 0 amide bonds. The largest absolute Gasteiger partial charge is 0.387 e. The molecular weight excluding hydrogens is 384 g/mol. The summed E-state index contributed by atoms with van der Waals surface area (Å²) in [6, 6.07) is 16.3. The predicted molar refractivity (Wildman–Crippen MR) is 105 cm³/mol. The summed E-state index contributed by atoms with van der Waals surface area (Å²) in [5, 5.41) is 22.3. The highest BCUT2D eigenvalue weighted by molar-refractivity contribution is 5.36. The third-order valence-electron chi connectivity index (χ3n) is 7.47. The highest BCUT2D eigenvalue weighted by atomic mass is 16.8. The summed E-state index contributed by atoms with van der Waals surface area (Å²) in [6.07, 6.45) is -1.94. The molecule has 3 unspecified atom stereocenters. The smallest absolute Gasteiger partial charge is 0.177 e. The van der Waals surface area contributed by atoms with Gasteiger partial charge < -0.3 is 29.2 Å². The van der Waals surface area contributed by atoms with Crippen LogP contribution in [0.5, 0.6) is 0 Å². The zero-order valence-electron chi connectivity index (χ0n) is 16.4. The minimum Gasteiger partial charge on any atom is -0.387 e. The van der Waals surface area contributed by atoms with Gasteiger partial charge in [0.2, 0.25) is 0 Å². The van der Waals surface area contributed by atoms with Gasteiger partial charge in [-0.2, -0.15) is 0 Å². The van der Waals surface area contributed by atoms with Crippen LogP contribution in [0.4, 0.5) is 0 Å². The summed E-state index contributed by atoms with van der Waals surface area (Å²) in [5.41, 5.74) is 4.76. The molecule has 6 nitrogen and oxygen atoms in total. The van der Waals surface area contributed by atoms with Crippen molar-refractivity contribution in [2.75, 3.05) is 0 Å². The number of benzene rings is 2. The highest BCUT2D eigenvalue weighted by Gasteiger charge is 2.66. The maximum Gasteiger partial charge on any atom is 0.177 e. The summed E-state index contributed by atoms with van der Waals surface area (Å²) in [7, 11) is 0. The molecule has 2 saturated heterocycles. The van der Waals surface area contributed by atoms with Crippen molar-refractivity contribution in [1.29, 1.82) is 0 Å². The Hall–Kier alpha value is -1.80. The fourth-order valence-corrected chi connectivity index (χ4v) is 6.17. The second-order valence-electron chi connectivity index (χ2n) is 9.38. The Morgan fingerprint density at radius 3 is 1.07 bits per heavy atom. The van der Waals surface area contributed by atoms with E-state index in [-0.39, 0.29) is 0 Å². The van der Waals surface area contributed by atoms with Crippen molar-refractivity contribution in [1.82, 2.24) is 0 Å². The van der Waals surface area contributed by atoms with E-state index in [1.807, 2.05) is 24.3 Å². The van der Waals surface area contributed by atoms with Crippen molar-refractivity contribution in [3.05, 3.63) is 70.8 Å². The summed E-state index contributed by atoms with van der Waals surface area (Å²) in [4.78, 5) is 0. The lowest BCUT2D eigenvalue weighted by Crippen LogP contribution is -2.61. The van der Waals surface area contributed by atoms with Gasteiger partial charge in [0, 0.05) is 25.7 Å². The fourth-order valence-electron chi connectivity index (χ4n) is 6.17. The topological polar surface area (TPSA) is 77.4 Å². The summed E-state index contributed by atoms with van der Waals surface area (Å²) in [6.45, 7) is 0. The van der Waals surface area contributed by atoms with Crippen LogP contribution in [0.3, 0.4) is 0 Å². The van der Waals surface area contributed by atoms with Crippen LogP contribution >= 0.6 is 0 Å². The van der Waals surface area contributed by atoms with Gasteiger partial charge in [0.15, 0.2) is 11.6 Å². The minimum atomic E-state index is -0.922. The first kappa shape index (κ1) is 17.8. The number of hydrogen-bond acceptors (Lipinski definition) is 6. The van der Waals surface area contributed by atoms with Crippen molar-refractivity contribution in [3.63, 3.8) is 0 Å². The van der Waals surface area contributed by atoms with Crippen LogP contribution in [-0.4, -0.2) is 58.4 Å². The van der Waals surface area contributed by atoms with E-state index in [4.69, 9.17) is 18.9 Å². The lowest BCUT2D eigenvalue weighted by atomic mass is 9.85. The van der Waals surface area contributed by atoms with E-state index in [9.17, 15) is 10.2 Å². The fraction of sp³-hybridized carbons (Fsp3) is 0.500. The van der Waals surface area contributed by atoms with Crippen LogP contribution in [-0.2, 0) is 44.6 Å². The van der Waals surface area contributed by atoms with Crippen molar-refractivity contribution in [2.45, 2.75) is 73.9 Å². The Labute approximate surface area is 174 Å². The van der Waals surface area contributed by atoms with Gasteiger partial charge in [-0.3, -0.25) is 0 Å². The molecular formula is C24H24O6. The maximum absolute atomic E-state index is 11.2. The van der Waals surface area contributed by atoms with E-state index in [1.54, 1.807) is 0 Å². The Morgan fingerprint density at radius 2 is 0.800 bits per heavy atom. The van der Waals surface area contributed by atoms with Gasteiger partial charge in [-0.15, -0.1) is 0 Å². The number of aliphatic hydroxyl groups is 2. The molecule has 0 aromatic heterocycles. The maximum atomic E-state index is 11.2. The Bertz CT molecular complexity index is 861. The zero-order chi connectivity index (χ0) is 20.1. The summed E-state index contributed by atoms with van der Waals surface area (Å²) >= 11 is 0. The first-order valence-corrected chi connectivity index (χ1v) is 10.8. The molecule has 0 radical (unpaired) electrons. The number of rotatable bonds is 0. The number of hydrogen-bond donors (Lipinski definition) is 2. The lowest BCUT2D eigenvalue weighted by molar-refractivity contribution is -0.200. The third-order valence-corrected chi connectivity index (χ3v) is 7.47. The molecule has 5 aliphatic rings. The Morgan fingerprint density at radius 1 is 0.533 bits per heavy atom. The van der Waals surface area contributed by atoms with Gasteiger partial charge in [-0.25, -0.2) is 0 Å². The molecule has 6 heteroatoms. The van der Waals surface area contributed by atoms with E-state index in [0.29, 0.717) is 25.7 Å². The third kappa shape index (κ3) is 2.35. The van der Waals surface area contributed by atoms with Crippen molar-refractivity contribution in [2.24, 2.45) is 0 Å². The molecule has 1 saturated carbocycles. The quantitative estimate of drug-likeness (QED) is 0.684. The molecule has 3 aliphatic carbocycles. The van der Waals surface area contributed by atoms with Crippen LogP contribution in [0.25, 0.3) is 0 Å². The molecule has 2 heterocycles. The molecule has 156 valence electrons. The van der Waals surface area contributed by atoms with Crippen LogP contribution in [0.2, 0.25) is 0 Å². The molecule has 7 rings (SSSR count). The van der Waals surface area contributed by atoms with Crippen molar-refractivity contribution >= 4 is 0 Å². The van der Waals surface area contributed by atoms with Crippen LogP contribution in [0.15, 0.2) is 48.5 Å². The predicted octanol–water partition coefficient (Wildman–Crippen LogP) is 1.28. The normalized spacial score (nSPS) is 39.1. The highest BCUT2D eigenvalue weighted by Crippen LogP contribution is 2.50. The molecule has 2 aromatic rings.